The van der Waals surface area contributed by atoms with Gasteiger partial charge in [0.2, 0.25) is 6.29 Å². The van der Waals surface area contributed by atoms with Crippen LogP contribution in [0.25, 0.3) is 0 Å². The summed E-state index contributed by atoms with van der Waals surface area (Å²) in [6, 6.07) is 1.77. The summed E-state index contributed by atoms with van der Waals surface area (Å²) in [5.41, 5.74) is 2.31. The van der Waals surface area contributed by atoms with Crippen LogP contribution in [-0.2, 0) is 16.1 Å². The van der Waals surface area contributed by atoms with E-state index in [0.717, 1.165) is 5.56 Å². The van der Waals surface area contributed by atoms with E-state index in [4.69, 9.17) is 14.2 Å². The molecule has 0 aliphatic carbocycles. The third-order valence-electron chi connectivity index (χ3n) is 2.83. The highest BCUT2D eigenvalue weighted by atomic mass is 16.7. The van der Waals surface area contributed by atoms with Crippen molar-refractivity contribution in [2.45, 2.75) is 19.8 Å². The van der Waals surface area contributed by atoms with Crippen LogP contribution >= 0.6 is 0 Å². The molecule has 0 saturated heterocycles. The number of carbonyl (C=O) groups excluding carboxylic acids is 1. The number of rotatable bonds is 3. The van der Waals surface area contributed by atoms with Crippen molar-refractivity contribution >= 4 is 5.97 Å². The first-order valence-electron chi connectivity index (χ1n) is 5.19. The summed E-state index contributed by atoms with van der Waals surface area (Å²) in [6.07, 6.45) is -0.769. The Bertz CT molecular complexity index is 466. The highest BCUT2D eigenvalue weighted by Gasteiger charge is 2.37. The van der Waals surface area contributed by atoms with Gasteiger partial charge in [-0.3, -0.25) is 0 Å². The summed E-state index contributed by atoms with van der Waals surface area (Å²) in [5.74, 6) is -0.0103. The number of ether oxygens (including phenoxy) is 3. The zero-order valence-electron chi connectivity index (χ0n) is 9.94. The van der Waals surface area contributed by atoms with Gasteiger partial charge in [0.1, 0.15) is 11.3 Å². The zero-order valence-corrected chi connectivity index (χ0v) is 9.94. The first kappa shape index (κ1) is 11.9. The Kier molecular flexibility index (Phi) is 3.04. The molecule has 1 unspecified atom stereocenters. The molecule has 1 heterocycles. The molecule has 0 fully saturated rings. The topological polar surface area (TPSA) is 65.0 Å². The van der Waals surface area contributed by atoms with Gasteiger partial charge in [-0.15, -0.1) is 0 Å². The van der Waals surface area contributed by atoms with Crippen LogP contribution in [0.2, 0.25) is 0 Å². The number of carbonyl (C=O) groups is 1. The predicted molar refractivity (Wildman–Crippen MR) is 58.8 cm³/mol. The van der Waals surface area contributed by atoms with E-state index < -0.39 is 12.3 Å². The van der Waals surface area contributed by atoms with Crippen LogP contribution in [0.15, 0.2) is 6.07 Å². The largest absolute Gasteiger partial charge is 0.496 e. The SMILES string of the molecule is COc1c(C)cc(CO)c2c1C(=O)OC2OC. The molecule has 1 aromatic carbocycles. The van der Waals surface area contributed by atoms with Crippen molar-refractivity contribution in [3.63, 3.8) is 0 Å². The lowest BCUT2D eigenvalue weighted by molar-refractivity contribution is -0.0822. The van der Waals surface area contributed by atoms with Crippen molar-refractivity contribution in [2.24, 2.45) is 0 Å². The van der Waals surface area contributed by atoms with E-state index in [9.17, 15) is 9.90 Å². The van der Waals surface area contributed by atoms with Gasteiger partial charge in [0.15, 0.2) is 0 Å². The van der Waals surface area contributed by atoms with E-state index >= 15 is 0 Å². The number of aliphatic hydroxyl groups excluding tert-OH is 1. The number of esters is 1. The van der Waals surface area contributed by atoms with Gasteiger partial charge in [-0.2, -0.15) is 0 Å². The molecule has 1 N–H and O–H groups in total. The Morgan fingerprint density at radius 2 is 2.18 bits per heavy atom. The first-order valence-corrected chi connectivity index (χ1v) is 5.19. The Hall–Kier alpha value is -1.59. The van der Waals surface area contributed by atoms with E-state index in [1.54, 1.807) is 6.07 Å². The van der Waals surface area contributed by atoms with E-state index in [-0.39, 0.29) is 6.61 Å². The van der Waals surface area contributed by atoms with Crippen molar-refractivity contribution < 1.29 is 24.1 Å². The monoisotopic (exact) mass is 238 g/mol. The van der Waals surface area contributed by atoms with Gasteiger partial charge in [0, 0.05) is 12.7 Å². The molecule has 0 bridgehead atoms. The van der Waals surface area contributed by atoms with Crippen LogP contribution in [-0.4, -0.2) is 25.3 Å². The lowest BCUT2D eigenvalue weighted by Crippen LogP contribution is -2.04. The number of benzene rings is 1. The number of hydrogen-bond acceptors (Lipinski definition) is 5. The molecule has 1 aliphatic heterocycles. The summed E-state index contributed by atoms with van der Waals surface area (Å²) in [7, 11) is 2.94. The van der Waals surface area contributed by atoms with Crippen LogP contribution in [0.3, 0.4) is 0 Å². The number of aryl methyl sites for hydroxylation is 1. The minimum absolute atomic E-state index is 0.177. The second-order valence-electron chi connectivity index (χ2n) is 3.81. The second kappa shape index (κ2) is 4.35. The number of methoxy groups -OCH3 is 2. The molecule has 92 valence electrons. The minimum atomic E-state index is -0.769. The van der Waals surface area contributed by atoms with Gasteiger partial charge >= 0.3 is 5.97 Å². The average molecular weight is 238 g/mol. The van der Waals surface area contributed by atoms with Crippen molar-refractivity contribution in [3.8, 4) is 5.75 Å². The average Bonchev–Trinajstić information content (AvgIpc) is 2.66. The van der Waals surface area contributed by atoms with Crippen molar-refractivity contribution in [1.29, 1.82) is 0 Å². The molecule has 5 heteroatoms. The standard InChI is InChI=1S/C12H14O5/c1-6-4-7(5-13)8-9(10(6)15-2)11(14)17-12(8)16-3/h4,12-13H,5H2,1-3H3. The van der Waals surface area contributed by atoms with Gasteiger partial charge < -0.3 is 19.3 Å². The number of fused-ring (bicyclic) bond motifs is 1. The van der Waals surface area contributed by atoms with Crippen LogP contribution in [0.5, 0.6) is 5.75 Å². The highest BCUT2D eigenvalue weighted by Crippen LogP contribution is 2.41. The maximum absolute atomic E-state index is 11.8. The van der Waals surface area contributed by atoms with Gasteiger partial charge in [0.25, 0.3) is 0 Å². The third-order valence-corrected chi connectivity index (χ3v) is 2.83. The Balaban J connectivity index is 2.72. The highest BCUT2D eigenvalue weighted by molar-refractivity contribution is 5.97. The Morgan fingerprint density at radius 3 is 2.71 bits per heavy atom. The Morgan fingerprint density at radius 1 is 1.47 bits per heavy atom. The number of hydrogen-bond donors (Lipinski definition) is 1. The lowest BCUT2D eigenvalue weighted by atomic mass is 9.98. The molecule has 0 saturated carbocycles. The molecule has 0 spiro atoms. The summed E-state index contributed by atoms with van der Waals surface area (Å²) in [4.78, 5) is 11.8. The molecular formula is C12H14O5. The molecular weight excluding hydrogens is 224 g/mol. The molecule has 0 aromatic heterocycles. The van der Waals surface area contributed by atoms with E-state index in [1.807, 2.05) is 6.92 Å². The predicted octanol–water partition coefficient (Wildman–Crippen LogP) is 1.31. The smallest absolute Gasteiger partial charge is 0.345 e. The molecule has 5 nitrogen and oxygen atoms in total. The normalized spacial score (nSPS) is 17.9. The van der Waals surface area contributed by atoms with Gasteiger partial charge in [0.05, 0.1) is 13.7 Å². The van der Waals surface area contributed by atoms with Crippen LogP contribution in [0.4, 0.5) is 0 Å². The van der Waals surface area contributed by atoms with Crippen molar-refractivity contribution in [2.75, 3.05) is 14.2 Å². The second-order valence-corrected chi connectivity index (χ2v) is 3.81. The maximum Gasteiger partial charge on any atom is 0.345 e. The molecule has 0 amide bonds. The minimum Gasteiger partial charge on any atom is -0.496 e. The number of cyclic esters (lactones) is 1. The first-order chi connectivity index (χ1) is 8.13. The zero-order chi connectivity index (χ0) is 12.6. The van der Waals surface area contributed by atoms with E-state index in [2.05, 4.69) is 0 Å². The Labute approximate surface area is 98.9 Å². The van der Waals surface area contributed by atoms with Crippen LogP contribution in [0, 0.1) is 6.92 Å². The van der Waals surface area contributed by atoms with Gasteiger partial charge in [-0.1, -0.05) is 0 Å². The molecule has 0 radical (unpaired) electrons. The van der Waals surface area contributed by atoms with Gasteiger partial charge in [-0.25, -0.2) is 4.79 Å². The maximum atomic E-state index is 11.8. The summed E-state index contributed by atoms with van der Waals surface area (Å²) >= 11 is 0. The lowest BCUT2D eigenvalue weighted by Gasteiger charge is -2.14. The fourth-order valence-electron chi connectivity index (χ4n) is 2.13. The van der Waals surface area contributed by atoms with Crippen molar-refractivity contribution in [3.05, 3.63) is 28.3 Å². The molecule has 1 atom stereocenters. The van der Waals surface area contributed by atoms with E-state index in [0.29, 0.717) is 22.4 Å². The van der Waals surface area contributed by atoms with Crippen LogP contribution in [0.1, 0.15) is 33.3 Å². The molecule has 1 aliphatic rings. The quantitative estimate of drug-likeness (QED) is 0.804. The fourth-order valence-corrected chi connectivity index (χ4v) is 2.13. The summed E-state index contributed by atoms with van der Waals surface area (Å²) < 4.78 is 15.4. The van der Waals surface area contributed by atoms with E-state index in [1.165, 1.54) is 14.2 Å². The molecule has 17 heavy (non-hydrogen) atoms. The summed E-state index contributed by atoms with van der Waals surface area (Å²) in [5, 5.41) is 9.33. The summed E-state index contributed by atoms with van der Waals surface area (Å²) in [6.45, 7) is 1.63. The van der Waals surface area contributed by atoms with Crippen molar-refractivity contribution in [1.82, 2.24) is 0 Å². The fraction of sp³-hybridized carbons (Fsp3) is 0.417. The molecule has 2 rings (SSSR count). The molecule has 1 aromatic rings. The van der Waals surface area contributed by atoms with Crippen LogP contribution < -0.4 is 4.74 Å². The van der Waals surface area contributed by atoms with Gasteiger partial charge in [-0.05, 0) is 24.1 Å². The third kappa shape index (κ3) is 1.67. The number of aliphatic hydroxyl groups is 1.